The first-order valence-corrected chi connectivity index (χ1v) is 4.74. The van der Waals surface area contributed by atoms with E-state index in [0.29, 0.717) is 11.4 Å². The van der Waals surface area contributed by atoms with E-state index >= 15 is 0 Å². The summed E-state index contributed by atoms with van der Waals surface area (Å²) in [6.45, 7) is 0. The maximum atomic E-state index is 9.07. The van der Waals surface area contributed by atoms with Crippen LogP contribution in [0.2, 0.25) is 0 Å². The number of hydrogen-bond acceptors (Lipinski definition) is 2. The highest BCUT2D eigenvalue weighted by Crippen LogP contribution is 2.27. The molecule has 70 valence electrons. The molecule has 0 bridgehead atoms. The summed E-state index contributed by atoms with van der Waals surface area (Å²) in [6.07, 6.45) is 2.35. The normalized spacial score (nSPS) is 14.4. The summed E-state index contributed by atoms with van der Waals surface area (Å²) >= 11 is 0. The molecule has 1 aromatic carbocycles. The zero-order chi connectivity index (χ0) is 9.97. The van der Waals surface area contributed by atoms with Crippen LogP contribution in [0.3, 0.4) is 0 Å². The van der Waals surface area contributed by atoms with Crippen LogP contribution in [0.4, 0.5) is 0 Å². The van der Waals surface area contributed by atoms with Crippen LogP contribution in [0, 0.1) is 17.8 Å². The molecule has 2 nitrogen and oxygen atoms in total. The van der Waals surface area contributed by atoms with Crippen molar-refractivity contribution in [3.63, 3.8) is 0 Å². The lowest BCUT2D eigenvalue weighted by Gasteiger charge is -2.01. The Morgan fingerprint density at radius 3 is 2.57 bits per heavy atom. The molecule has 0 amide bonds. The van der Waals surface area contributed by atoms with Crippen molar-refractivity contribution in [1.29, 1.82) is 0 Å². The van der Waals surface area contributed by atoms with Crippen molar-refractivity contribution in [2.45, 2.75) is 12.8 Å². The Bertz CT molecular complexity index is 386. The van der Waals surface area contributed by atoms with Crippen LogP contribution in [-0.2, 0) is 0 Å². The van der Waals surface area contributed by atoms with Crippen molar-refractivity contribution < 1.29 is 10.0 Å². The van der Waals surface area contributed by atoms with E-state index in [0.717, 1.165) is 5.56 Å². The van der Waals surface area contributed by atoms with Gasteiger partial charge in [0.25, 0.3) is 0 Å². The van der Waals surface area contributed by atoms with Gasteiger partial charge in [-0.25, -0.2) is 0 Å². The molecule has 0 spiro atoms. The first-order valence-electron chi connectivity index (χ1n) is 4.74. The van der Waals surface area contributed by atoms with Crippen molar-refractivity contribution in [3.05, 3.63) is 29.8 Å². The molecule has 0 unspecified atom stereocenters. The smallest absolute Gasteiger partial charge is 0.423 e. The molecule has 14 heavy (non-hydrogen) atoms. The van der Waals surface area contributed by atoms with E-state index in [-0.39, 0.29) is 0 Å². The van der Waals surface area contributed by atoms with Crippen LogP contribution in [0.5, 0.6) is 0 Å². The van der Waals surface area contributed by atoms with Crippen LogP contribution < -0.4 is 5.46 Å². The molecule has 2 rings (SSSR count). The first kappa shape index (κ1) is 9.33. The Balaban J connectivity index is 2.27. The van der Waals surface area contributed by atoms with Gasteiger partial charge in [-0.3, -0.25) is 0 Å². The monoisotopic (exact) mass is 186 g/mol. The Morgan fingerprint density at radius 2 is 1.93 bits per heavy atom. The quantitative estimate of drug-likeness (QED) is 0.483. The van der Waals surface area contributed by atoms with Crippen molar-refractivity contribution in [1.82, 2.24) is 0 Å². The summed E-state index contributed by atoms with van der Waals surface area (Å²) in [5, 5.41) is 18.1. The molecule has 1 fully saturated rings. The third-order valence-electron chi connectivity index (χ3n) is 2.23. The van der Waals surface area contributed by atoms with Gasteiger partial charge in [-0.2, -0.15) is 0 Å². The molecule has 0 atom stereocenters. The highest BCUT2D eigenvalue weighted by Gasteiger charge is 2.18. The minimum atomic E-state index is -1.43. The Kier molecular flexibility index (Phi) is 2.58. The lowest BCUT2D eigenvalue weighted by Crippen LogP contribution is -2.32. The predicted molar refractivity (Wildman–Crippen MR) is 55.9 cm³/mol. The molecule has 1 aliphatic rings. The van der Waals surface area contributed by atoms with Crippen molar-refractivity contribution in [3.8, 4) is 11.8 Å². The van der Waals surface area contributed by atoms with E-state index in [1.807, 2.05) is 12.1 Å². The van der Waals surface area contributed by atoms with Gasteiger partial charge < -0.3 is 10.0 Å². The molecule has 0 aliphatic heterocycles. The summed E-state index contributed by atoms with van der Waals surface area (Å²) in [7, 11) is -1.43. The fraction of sp³-hybridized carbons (Fsp3) is 0.273. The van der Waals surface area contributed by atoms with Gasteiger partial charge in [0.2, 0.25) is 0 Å². The van der Waals surface area contributed by atoms with Gasteiger partial charge >= 0.3 is 7.12 Å². The lowest BCUT2D eigenvalue weighted by atomic mass is 9.77. The standard InChI is InChI=1S/C11H11BO2/c13-12(14)11-4-2-1-3-10(11)8-7-9-5-6-9/h1-4,9,13-14H,5-6H2. The minimum absolute atomic E-state index is 0.487. The summed E-state index contributed by atoms with van der Waals surface area (Å²) in [5.41, 5.74) is 1.20. The molecule has 1 saturated carbocycles. The molecule has 0 radical (unpaired) electrons. The molecule has 0 heterocycles. The van der Waals surface area contributed by atoms with Crippen molar-refractivity contribution in [2.75, 3.05) is 0 Å². The number of benzene rings is 1. The van der Waals surface area contributed by atoms with Gasteiger partial charge in [-0.05, 0) is 24.4 Å². The Hall–Kier alpha value is -1.24. The highest BCUT2D eigenvalue weighted by atomic mass is 16.4. The Morgan fingerprint density at radius 1 is 1.21 bits per heavy atom. The van der Waals surface area contributed by atoms with Crippen LogP contribution in [-0.4, -0.2) is 17.2 Å². The molecule has 0 saturated heterocycles. The van der Waals surface area contributed by atoms with E-state index in [4.69, 9.17) is 10.0 Å². The van der Waals surface area contributed by atoms with E-state index in [1.165, 1.54) is 12.8 Å². The molecule has 0 aromatic heterocycles. The number of hydrogen-bond donors (Lipinski definition) is 2. The van der Waals surface area contributed by atoms with Crippen molar-refractivity contribution >= 4 is 12.6 Å². The van der Waals surface area contributed by atoms with Gasteiger partial charge in [0.15, 0.2) is 0 Å². The average Bonchev–Trinajstić information content (AvgIpc) is 2.98. The van der Waals surface area contributed by atoms with Crippen LogP contribution >= 0.6 is 0 Å². The van der Waals surface area contributed by atoms with Gasteiger partial charge in [0.05, 0.1) is 0 Å². The SMILES string of the molecule is OB(O)c1ccccc1C#CC1CC1. The van der Waals surface area contributed by atoms with E-state index in [9.17, 15) is 0 Å². The third-order valence-corrected chi connectivity index (χ3v) is 2.23. The zero-order valence-electron chi connectivity index (χ0n) is 7.77. The van der Waals surface area contributed by atoms with Crippen molar-refractivity contribution in [2.24, 2.45) is 5.92 Å². The summed E-state index contributed by atoms with van der Waals surface area (Å²) < 4.78 is 0. The summed E-state index contributed by atoms with van der Waals surface area (Å²) in [6, 6.07) is 7.12. The third kappa shape index (κ3) is 2.17. The predicted octanol–water partition coefficient (Wildman–Crippen LogP) is 0.128. The van der Waals surface area contributed by atoms with Crippen LogP contribution in [0.15, 0.2) is 24.3 Å². The molecule has 1 aliphatic carbocycles. The maximum absolute atomic E-state index is 9.07. The average molecular weight is 186 g/mol. The van der Waals surface area contributed by atoms with Crippen LogP contribution in [0.1, 0.15) is 18.4 Å². The fourth-order valence-electron chi connectivity index (χ4n) is 1.24. The van der Waals surface area contributed by atoms with Gasteiger partial charge in [-0.15, -0.1) is 0 Å². The fourth-order valence-corrected chi connectivity index (χ4v) is 1.24. The van der Waals surface area contributed by atoms with Gasteiger partial charge in [0, 0.05) is 11.5 Å². The molecule has 2 N–H and O–H groups in total. The molecule has 3 heteroatoms. The zero-order valence-corrected chi connectivity index (χ0v) is 7.77. The molecule has 1 aromatic rings. The largest absolute Gasteiger partial charge is 0.489 e. The molecular formula is C11H11BO2. The first-order chi connectivity index (χ1) is 6.77. The van der Waals surface area contributed by atoms with Crippen LogP contribution in [0.25, 0.3) is 0 Å². The number of rotatable bonds is 1. The summed E-state index contributed by atoms with van der Waals surface area (Å²) in [5.74, 6) is 6.61. The van der Waals surface area contributed by atoms with Gasteiger partial charge in [0.1, 0.15) is 0 Å². The van der Waals surface area contributed by atoms with E-state index < -0.39 is 7.12 Å². The highest BCUT2D eigenvalue weighted by molar-refractivity contribution is 6.59. The van der Waals surface area contributed by atoms with E-state index in [2.05, 4.69) is 11.8 Å². The van der Waals surface area contributed by atoms with Gasteiger partial charge in [-0.1, -0.05) is 30.0 Å². The van der Waals surface area contributed by atoms with E-state index in [1.54, 1.807) is 12.1 Å². The second kappa shape index (κ2) is 3.87. The minimum Gasteiger partial charge on any atom is -0.423 e. The summed E-state index contributed by atoms with van der Waals surface area (Å²) in [4.78, 5) is 0. The molecular weight excluding hydrogens is 175 g/mol. The second-order valence-corrected chi connectivity index (χ2v) is 3.50. The maximum Gasteiger partial charge on any atom is 0.489 e. The Labute approximate surface area is 83.7 Å². The second-order valence-electron chi connectivity index (χ2n) is 3.50. The topological polar surface area (TPSA) is 40.5 Å². The lowest BCUT2D eigenvalue weighted by molar-refractivity contribution is 0.425.